The first-order valence-electron chi connectivity index (χ1n) is 8.30. The highest BCUT2D eigenvalue weighted by atomic mass is 35.5. The van der Waals surface area contributed by atoms with Crippen molar-refractivity contribution in [2.75, 3.05) is 17.6 Å². The molecule has 0 saturated heterocycles. The molecule has 3 rings (SSSR count). The lowest BCUT2D eigenvalue weighted by atomic mass is 10.2. The predicted molar refractivity (Wildman–Crippen MR) is 118 cm³/mol. The SMILES string of the molecule is C=CS(=O)(=O)NCc1cc(NCC#Cc2cc(O)c3nc(N)sc3c2)ccc1Cl. The third-order valence-corrected chi connectivity index (χ3v) is 6.02. The van der Waals surface area contributed by atoms with E-state index in [1.165, 1.54) is 11.3 Å². The Labute approximate surface area is 177 Å². The van der Waals surface area contributed by atoms with E-state index in [1.54, 1.807) is 24.3 Å². The number of nitrogens with two attached hydrogens (primary N) is 1. The Bertz CT molecular complexity index is 1240. The van der Waals surface area contributed by atoms with Gasteiger partial charge in [0.25, 0.3) is 0 Å². The molecular weight excluding hydrogens is 432 g/mol. The molecule has 0 radical (unpaired) electrons. The maximum absolute atomic E-state index is 11.5. The highest BCUT2D eigenvalue weighted by Crippen LogP contribution is 2.31. The van der Waals surface area contributed by atoms with Crippen molar-refractivity contribution in [1.29, 1.82) is 0 Å². The van der Waals surface area contributed by atoms with Crippen molar-refractivity contribution in [2.45, 2.75) is 6.54 Å². The summed E-state index contributed by atoms with van der Waals surface area (Å²) in [6.45, 7) is 3.63. The molecule has 1 aromatic heterocycles. The standard InChI is InChI=1S/C19H17ClN4O3S2/c1-2-29(26,27)23-11-13-10-14(5-6-15(13)20)22-7-3-4-12-8-16(25)18-17(9-12)28-19(21)24-18/h2,5-6,8-10,22-23,25H,1,7,11H2,(H2,21,24). The van der Waals surface area contributed by atoms with Gasteiger partial charge in [-0.25, -0.2) is 18.1 Å². The van der Waals surface area contributed by atoms with Crippen LogP contribution in [-0.4, -0.2) is 25.1 Å². The monoisotopic (exact) mass is 448 g/mol. The van der Waals surface area contributed by atoms with E-state index < -0.39 is 10.0 Å². The van der Waals surface area contributed by atoms with Gasteiger partial charge in [-0.1, -0.05) is 41.4 Å². The molecule has 1 heterocycles. The molecule has 150 valence electrons. The highest BCUT2D eigenvalue weighted by molar-refractivity contribution is 7.92. The summed E-state index contributed by atoms with van der Waals surface area (Å²) < 4.78 is 26.1. The number of halogens is 1. The van der Waals surface area contributed by atoms with Gasteiger partial charge in [0.15, 0.2) is 5.13 Å². The normalized spacial score (nSPS) is 11.1. The molecule has 0 saturated carbocycles. The molecule has 0 fully saturated rings. The summed E-state index contributed by atoms with van der Waals surface area (Å²) in [5.74, 6) is 5.98. The molecule has 0 unspecified atom stereocenters. The lowest BCUT2D eigenvalue weighted by Gasteiger charge is -2.09. The molecule has 0 atom stereocenters. The fourth-order valence-electron chi connectivity index (χ4n) is 2.45. The molecule has 0 aliphatic heterocycles. The van der Waals surface area contributed by atoms with Gasteiger partial charge < -0.3 is 16.2 Å². The number of nitrogen functional groups attached to an aromatic ring is 1. The Kier molecular flexibility index (Phi) is 6.30. The number of phenolic OH excluding ortho intramolecular Hbond substituents is 1. The van der Waals surface area contributed by atoms with Crippen LogP contribution < -0.4 is 15.8 Å². The first-order valence-corrected chi connectivity index (χ1v) is 11.0. The first kappa shape index (κ1) is 21.0. The number of thiazole rings is 1. The second kappa shape index (κ2) is 8.71. The topological polar surface area (TPSA) is 117 Å². The minimum Gasteiger partial charge on any atom is -0.506 e. The van der Waals surface area contributed by atoms with Gasteiger partial charge >= 0.3 is 0 Å². The van der Waals surface area contributed by atoms with Gasteiger partial charge in [-0.15, -0.1) is 0 Å². The van der Waals surface area contributed by atoms with Crippen LogP contribution >= 0.6 is 22.9 Å². The van der Waals surface area contributed by atoms with E-state index in [1.807, 2.05) is 6.07 Å². The van der Waals surface area contributed by atoms with Crippen molar-refractivity contribution in [3.63, 3.8) is 0 Å². The number of nitrogens with zero attached hydrogens (tertiary/aromatic N) is 1. The molecule has 10 heteroatoms. The molecule has 0 spiro atoms. The van der Waals surface area contributed by atoms with Gasteiger partial charge in [0.2, 0.25) is 10.0 Å². The van der Waals surface area contributed by atoms with E-state index in [2.05, 4.69) is 33.4 Å². The summed E-state index contributed by atoms with van der Waals surface area (Å²) in [6.07, 6.45) is 0. The Morgan fingerprint density at radius 2 is 2.14 bits per heavy atom. The zero-order chi connectivity index (χ0) is 21.0. The lowest BCUT2D eigenvalue weighted by molar-refractivity contribution is 0.480. The van der Waals surface area contributed by atoms with E-state index in [0.29, 0.717) is 33.3 Å². The summed E-state index contributed by atoms with van der Waals surface area (Å²) in [6, 6.07) is 8.55. The van der Waals surface area contributed by atoms with Gasteiger partial charge in [-0.3, -0.25) is 0 Å². The second-order valence-corrected chi connectivity index (χ2v) is 9.07. The van der Waals surface area contributed by atoms with Gasteiger partial charge in [0.1, 0.15) is 11.3 Å². The second-order valence-electron chi connectivity index (χ2n) is 5.89. The van der Waals surface area contributed by atoms with Gasteiger partial charge in [0, 0.05) is 28.2 Å². The molecule has 0 aliphatic rings. The molecule has 0 aliphatic carbocycles. The molecule has 3 aromatic rings. The summed E-state index contributed by atoms with van der Waals surface area (Å²) in [5.41, 5.74) is 8.15. The van der Waals surface area contributed by atoms with Gasteiger partial charge in [0.05, 0.1) is 11.2 Å². The van der Waals surface area contributed by atoms with E-state index in [-0.39, 0.29) is 12.3 Å². The van der Waals surface area contributed by atoms with Crippen molar-refractivity contribution in [2.24, 2.45) is 0 Å². The largest absolute Gasteiger partial charge is 0.506 e. The van der Waals surface area contributed by atoms with Crippen LogP contribution in [0.3, 0.4) is 0 Å². The van der Waals surface area contributed by atoms with Crippen molar-refractivity contribution < 1.29 is 13.5 Å². The van der Waals surface area contributed by atoms with E-state index in [9.17, 15) is 13.5 Å². The van der Waals surface area contributed by atoms with Crippen molar-refractivity contribution >= 4 is 54.0 Å². The number of hydrogen-bond acceptors (Lipinski definition) is 7. The lowest BCUT2D eigenvalue weighted by Crippen LogP contribution is -2.20. The zero-order valence-electron chi connectivity index (χ0n) is 15.1. The van der Waals surface area contributed by atoms with Crippen molar-refractivity contribution in [3.8, 4) is 17.6 Å². The summed E-state index contributed by atoms with van der Waals surface area (Å²) in [5, 5.41) is 14.8. The maximum Gasteiger partial charge on any atom is 0.233 e. The average Bonchev–Trinajstić information content (AvgIpc) is 3.06. The van der Waals surface area contributed by atoms with Crippen LogP contribution in [0, 0.1) is 11.8 Å². The van der Waals surface area contributed by atoms with E-state index >= 15 is 0 Å². The minimum absolute atomic E-state index is 0.0389. The van der Waals surface area contributed by atoms with Crippen molar-refractivity contribution in [1.82, 2.24) is 9.71 Å². The van der Waals surface area contributed by atoms with Crippen molar-refractivity contribution in [3.05, 3.63) is 58.5 Å². The number of aromatic nitrogens is 1. The quantitative estimate of drug-likeness (QED) is 0.430. The Morgan fingerprint density at radius 1 is 1.34 bits per heavy atom. The number of anilines is 2. The summed E-state index contributed by atoms with van der Waals surface area (Å²) in [7, 11) is -3.54. The Morgan fingerprint density at radius 3 is 2.90 bits per heavy atom. The summed E-state index contributed by atoms with van der Waals surface area (Å²) >= 11 is 7.40. The maximum atomic E-state index is 11.5. The molecule has 0 amide bonds. The predicted octanol–water partition coefficient (Wildman–Crippen LogP) is 3.26. The highest BCUT2D eigenvalue weighted by Gasteiger charge is 2.08. The van der Waals surface area contributed by atoms with Crippen LogP contribution in [0.5, 0.6) is 5.75 Å². The first-order chi connectivity index (χ1) is 13.8. The van der Waals surface area contributed by atoms with Crippen LogP contribution in [0.1, 0.15) is 11.1 Å². The third-order valence-electron chi connectivity index (χ3n) is 3.83. The fourth-order valence-corrected chi connectivity index (χ4v) is 3.91. The number of phenols is 1. The van der Waals surface area contributed by atoms with Gasteiger partial charge in [-0.05, 0) is 35.9 Å². The average molecular weight is 449 g/mol. The summed E-state index contributed by atoms with van der Waals surface area (Å²) in [4.78, 5) is 4.07. The van der Waals surface area contributed by atoms with Crippen LogP contribution in [-0.2, 0) is 16.6 Å². The van der Waals surface area contributed by atoms with Gasteiger partial charge in [-0.2, -0.15) is 0 Å². The minimum atomic E-state index is -3.54. The molecule has 0 bridgehead atoms. The number of rotatable bonds is 6. The Hall–Kier alpha value is -2.77. The Balaban J connectivity index is 1.67. The number of nitrogens with one attached hydrogen (secondary N) is 2. The molecule has 5 N–H and O–H groups in total. The van der Waals surface area contributed by atoms with E-state index in [0.717, 1.165) is 15.8 Å². The van der Waals surface area contributed by atoms with Crippen LogP contribution in [0.15, 0.2) is 42.3 Å². The molecule has 7 nitrogen and oxygen atoms in total. The smallest absolute Gasteiger partial charge is 0.233 e. The van der Waals surface area contributed by atoms with Crippen LogP contribution in [0.25, 0.3) is 10.2 Å². The number of hydrogen-bond donors (Lipinski definition) is 4. The number of aromatic hydroxyl groups is 1. The molecular formula is C19H17ClN4O3S2. The zero-order valence-corrected chi connectivity index (χ0v) is 17.5. The molecule has 29 heavy (non-hydrogen) atoms. The third kappa shape index (κ3) is 5.40. The number of sulfonamides is 1. The van der Waals surface area contributed by atoms with Crippen LogP contribution in [0.4, 0.5) is 10.8 Å². The fraction of sp³-hybridized carbons (Fsp3) is 0.105. The number of benzene rings is 2. The molecule has 2 aromatic carbocycles. The van der Waals surface area contributed by atoms with E-state index in [4.69, 9.17) is 17.3 Å². The van der Waals surface area contributed by atoms with Crippen LogP contribution in [0.2, 0.25) is 5.02 Å². The number of fused-ring (bicyclic) bond motifs is 1.